The Morgan fingerprint density at radius 1 is 0.950 bits per heavy atom. The van der Waals surface area contributed by atoms with Gasteiger partial charge in [-0.3, -0.25) is 0 Å². The molecule has 0 aliphatic heterocycles. The molecule has 0 atom stereocenters. The summed E-state index contributed by atoms with van der Waals surface area (Å²) in [5, 5.41) is 0. The molecule has 0 spiro atoms. The molecule has 1 aliphatic carbocycles. The van der Waals surface area contributed by atoms with Gasteiger partial charge in [-0.15, -0.1) is 0 Å². The second kappa shape index (κ2) is 8.34. The molecule has 1 fully saturated rings. The van der Waals surface area contributed by atoms with Crippen LogP contribution in [0.2, 0.25) is 0 Å². The molecule has 0 heterocycles. The summed E-state index contributed by atoms with van der Waals surface area (Å²) in [5.41, 5.74) is 1.52. The van der Waals surface area contributed by atoms with Crippen molar-refractivity contribution in [3.63, 3.8) is 0 Å². The highest BCUT2D eigenvalue weighted by atomic mass is 16.5. The lowest BCUT2D eigenvalue weighted by Gasteiger charge is -2.28. The van der Waals surface area contributed by atoms with Crippen molar-refractivity contribution >= 4 is 0 Å². The molecule has 2 rings (SSSR count). The monoisotopic (exact) mass is 274 g/mol. The normalized spacial score (nSPS) is 22.7. The van der Waals surface area contributed by atoms with E-state index in [-0.39, 0.29) is 0 Å². The first-order chi connectivity index (χ1) is 9.83. The summed E-state index contributed by atoms with van der Waals surface area (Å²) in [6.07, 6.45) is 10.7. The molecule has 1 heteroatoms. The Hall–Kier alpha value is -0.980. The summed E-state index contributed by atoms with van der Waals surface area (Å²) in [5.74, 6) is 2.81. The van der Waals surface area contributed by atoms with Crippen molar-refractivity contribution < 1.29 is 4.74 Å². The van der Waals surface area contributed by atoms with Crippen LogP contribution in [0.3, 0.4) is 0 Å². The minimum Gasteiger partial charge on any atom is -0.494 e. The quantitative estimate of drug-likeness (QED) is 0.559. The molecule has 0 bridgehead atoms. The van der Waals surface area contributed by atoms with Gasteiger partial charge in [0.2, 0.25) is 0 Å². The van der Waals surface area contributed by atoms with Gasteiger partial charge in [-0.05, 0) is 61.6 Å². The molecular formula is C19H30O. The highest BCUT2D eigenvalue weighted by Gasteiger charge is 2.21. The molecular weight excluding hydrogens is 244 g/mol. The highest BCUT2D eigenvalue weighted by molar-refractivity contribution is 5.29. The van der Waals surface area contributed by atoms with Gasteiger partial charge in [-0.25, -0.2) is 0 Å². The molecule has 0 N–H and O–H groups in total. The van der Waals surface area contributed by atoms with E-state index in [4.69, 9.17) is 4.74 Å². The Morgan fingerprint density at radius 2 is 1.65 bits per heavy atom. The van der Waals surface area contributed by atoms with Gasteiger partial charge in [0.25, 0.3) is 0 Å². The molecule has 0 saturated heterocycles. The van der Waals surface area contributed by atoms with Crippen molar-refractivity contribution in [3.05, 3.63) is 29.8 Å². The predicted octanol–water partition coefficient (Wildman–Crippen LogP) is 5.94. The fourth-order valence-corrected chi connectivity index (χ4v) is 3.36. The van der Waals surface area contributed by atoms with Crippen molar-refractivity contribution in [2.75, 3.05) is 6.61 Å². The second-order valence-corrected chi connectivity index (χ2v) is 6.28. The van der Waals surface area contributed by atoms with Crippen LogP contribution in [0.4, 0.5) is 0 Å². The summed E-state index contributed by atoms with van der Waals surface area (Å²) in [6, 6.07) is 8.88. The third-order valence-corrected chi connectivity index (χ3v) is 4.66. The molecule has 0 aromatic heterocycles. The standard InChI is InChI=1S/C19H30O/c1-3-5-15-20-19-13-11-18(12-14-19)17-9-7-16(6-4-2)8-10-17/h11-14,16-17H,3-10,15H2,1-2H3/t16-,17-. The van der Waals surface area contributed by atoms with E-state index in [0.717, 1.165) is 30.6 Å². The van der Waals surface area contributed by atoms with E-state index in [2.05, 4.69) is 38.1 Å². The van der Waals surface area contributed by atoms with Crippen LogP contribution in [0.5, 0.6) is 5.75 Å². The summed E-state index contributed by atoms with van der Waals surface area (Å²) in [4.78, 5) is 0. The third kappa shape index (κ3) is 4.54. The maximum absolute atomic E-state index is 5.74. The Kier molecular flexibility index (Phi) is 6.42. The number of unbranched alkanes of at least 4 members (excludes halogenated alkanes) is 1. The van der Waals surface area contributed by atoms with Crippen molar-refractivity contribution in [3.8, 4) is 5.75 Å². The van der Waals surface area contributed by atoms with Gasteiger partial charge in [0.15, 0.2) is 0 Å². The lowest BCUT2D eigenvalue weighted by molar-refractivity contribution is 0.304. The molecule has 0 unspecified atom stereocenters. The number of rotatable bonds is 7. The zero-order valence-corrected chi connectivity index (χ0v) is 13.2. The van der Waals surface area contributed by atoms with Gasteiger partial charge in [-0.2, -0.15) is 0 Å². The average molecular weight is 274 g/mol. The van der Waals surface area contributed by atoms with Crippen LogP contribution in [0.1, 0.15) is 76.7 Å². The fraction of sp³-hybridized carbons (Fsp3) is 0.684. The van der Waals surface area contributed by atoms with Gasteiger partial charge in [0.05, 0.1) is 6.61 Å². The Labute approximate surface area is 124 Å². The minimum atomic E-state index is 0.785. The van der Waals surface area contributed by atoms with Gasteiger partial charge in [0, 0.05) is 0 Å². The van der Waals surface area contributed by atoms with E-state index in [1.807, 2.05) is 0 Å². The Bertz CT molecular complexity index is 360. The van der Waals surface area contributed by atoms with E-state index in [9.17, 15) is 0 Å². The van der Waals surface area contributed by atoms with Crippen LogP contribution < -0.4 is 4.74 Å². The maximum Gasteiger partial charge on any atom is 0.119 e. The van der Waals surface area contributed by atoms with Crippen molar-refractivity contribution in [1.29, 1.82) is 0 Å². The Morgan fingerprint density at radius 3 is 2.25 bits per heavy atom. The molecule has 1 aromatic rings. The van der Waals surface area contributed by atoms with Crippen molar-refractivity contribution in [2.24, 2.45) is 5.92 Å². The first kappa shape index (κ1) is 15.4. The van der Waals surface area contributed by atoms with Crippen molar-refractivity contribution in [2.45, 2.75) is 71.1 Å². The molecule has 0 radical (unpaired) electrons. The highest BCUT2D eigenvalue weighted by Crippen LogP contribution is 2.37. The third-order valence-electron chi connectivity index (χ3n) is 4.66. The zero-order valence-electron chi connectivity index (χ0n) is 13.2. The molecule has 1 nitrogen and oxygen atoms in total. The molecule has 0 amide bonds. The van der Waals surface area contributed by atoms with Crippen molar-refractivity contribution in [1.82, 2.24) is 0 Å². The summed E-state index contributed by atoms with van der Waals surface area (Å²) in [6.45, 7) is 5.35. The molecule has 1 saturated carbocycles. The van der Waals surface area contributed by atoms with Crippen LogP contribution >= 0.6 is 0 Å². The van der Waals surface area contributed by atoms with E-state index in [1.54, 1.807) is 0 Å². The van der Waals surface area contributed by atoms with Gasteiger partial charge < -0.3 is 4.74 Å². The van der Waals surface area contributed by atoms with Crippen LogP contribution in [0.15, 0.2) is 24.3 Å². The molecule has 1 aliphatic rings. The lowest BCUT2D eigenvalue weighted by atomic mass is 9.77. The first-order valence-corrected chi connectivity index (χ1v) is 8.56. The SMILES string of the molecule is CCCCOc1ccc([C@H]2CC[C@H](CCC)CC2)cc1. The van der Waals surface area contributed by atoms with Gasteiger partial charge in [0.1, 0.15) is 5.75 Å². The number of hydrogen-bond acceptors (Lipinski definition) is 1. The topological polar surface area (TPSA) is 9.23 Å². The van der Waals surface area contributed by atoms with Gasteiger partial charge >= 0.3 is 0 Å². The van der Waals surface area contributed by atoms with E-state index < -0.39 is 0 Å². The van der Waals surface area contributed by atoms with Crippen LogP contribution in [0, 0.1) is 5.92 Å². The number of ether oxygens (including phenoxy) is 1. The number of hydrogen-bond donors (Lipinski definition) is 0. The summed E-state index contributed by atoms with van der Waals surface area (Å²) >= 11 is 0. The largest absolute Gasteiger partial charge is 0.494 e. The van der Waals surface area contributed by atoms with Crippen LogP contribution in [0.25, 0.3) is 0 Å². The number of benzene rings is 1. The second-order valence-electron chi connectivity index (χ2n) is 6.28. The minimum absolute atomic E-state index is 0.785. The molecule has 1 aromatic carbocycles. The van der Waals surface area contributed by atoms with Gasteiger partial charge in [-0.1, -0.05) is 45.2 Å². The molecule has 112 valence electrons. The predicted molar refractivity (Wildman–Crippen MR) is 86.5 cm³/mol. The first-order valence-electron chi connectivity index (χ1n) is 8.56. The Balaban J connectivity index is 1.81. The van der Waals surface area contributed by atoms with Crippen LogP contribution in [-0.2, 0) is 0 Å². The lowest BCUT2D eigenvalue weighted by Crippen LogP contribution is -2.13. The summed E-state index contributed by atoms with van der Waals surface area (Å²) in [7, 11) is 0. The molecule has 20 heavy (non-hydrogen) atoms. The smallest absolute Gasteiger partial charge is 0.119 e. The van der Waals surface area contributed by atoms with E-state index in [1.165, 1.54) is 50.5 Å². The zero-order chi connectivity index (χ0) is 14.2. The maximum atomic E-state index is 5.74. The van der Waals surface area contributed by atoms with Crippen LogP contribution in [-0.4, -0.2) is 6.61 Å². The fourth-order valence-electron chi connectivity index (χ4n) is 3.36. The summed E-state index contributed by atoms with van der Waals surface area (Å²) < 4.78 is 5.74. The van der Waals surface area contributed by atoms with E-state index in [0.29, 0.717) is 0 Å². The average Bonchev–Trinajstić information content (AvgIpc) is 2.49. The van der Waals surface area contributed by atoms with E-state index >= 15 is 0 Å².